The van der Waals surface area contributed by atoms with E-state index in [0.717, 1.165) is 4.48 Å². The van der Waals surface area contributed by atoms with Gasteiger partial charge in [0.2, 0.25) is 0 Å². The smallest absolute Gasteiger partial charge is 0.107 e. The van der Waals surface area contributed by atoms with Crippen LogP contribution in [0.15, 0.2) is 12.7 Å². The lowest BCUT2D eigenvalue weighted by molar-refractivity contribution is -0.913. The van der Waals surface area contributed by atoms with Crippen LogP contribution in [0.5, 0.6) is 0 Å². The molecule has 1 atom stereocenters. The van der Waals surface area contributed by atoms with Gasteiger partial charge < -0.3 is 4.48 Å². The summed E-state index contributed by atoms with van der Waals surface area (Å²) in [5, 5.41) is 0. The van der Waals surface area contributed by atoms with Crippen molar-refractivity contribution < 1.29 is 4.48 Å². The number of likely N-dealkylation sites (N-methyl/N-ethyl adjacent to an activating group) is 1. The van der Waals surface area contributed by atoms with Gasteiger partial charge in [-0.15, -0.1) is 0 Å². The van der Waals surface area contributed by atoms with Crippen molar-refractivity contribution >= 4 is 0 Å². The minimum atomic E-state index is 0.703. The Balaban J connectivity index is 2.59. The molecule has 0 aromatic heterocycles. The molecule has 0 radical (unpaired) electrons. The first kappa shape index (κ1) is 7.80. The van der Waals surface area contributed by atoms with E-state index >= 15 is 0 Å². The Morgan fingerprint density at radius 3 is 2.50 bits per heavy atom. The van der Waals surface area contributed by atoms with Crippen LogP contribution in [0.4, 0.5) is 0 Å². The fourth-order valence-electron chi connectivity index (χ4n) is 1.79. The second-order valence-electron chi connectivity index (χ2n) is 3.80. The van der Waals surface area contributed by atoms with Gasteiger partial charge in [-0.25, -0.2) is 0 Å². The zero-order valence-corrected chi connectivity index (χ0v) is 7.14. The van der Waals surface area contributed by atoms with Crippen LogP contribution < -0.4 is 0 Å². The molecule has 1 unspecified atom stereocenters. The van der Waals surface area contributed by atoms with E-state index in [1.54, 1.807) is 0 Å². The molecule has 58 valence electrons. The highest BCUT2D eigenvalue weighted by molar-refractivity contribution is 4.81. The van der Waals surface area contributed by atoms with E-state index in [-0.39, 0.29) is 0 Å². The molecule has 1 rings (SSSR count). The van der Waals surface area contributed by atoms with Gasteiger partial charge >= 0.3 is 0 Å². The summed E-state index contributed by atoms with van der Waals surface area (Å²) in [6.07, 6.45) is 6.21. The molecule has 0 saturated carbocycles. The summed E-state index contributed by atoms with van der Waals surface area (Å²) in [5.41, 5.74) is 0. The van der Waals surface area contributed by atoms with Gasteiger partial charge in [0, 0.05) is 6.42 Å². The van der Waals surface area contributed by atoms with Crippen molar-refractivity contribution in [2.45, 2.75) is 25.3 Å². The second-order valence-corrected chi connectivity index (χ2v) is 3.80. The monoisotopic (exact) mass is 140 g/mol. The van der Waals surface area contributed by atoms with Gasteiger partial charge in [-0.2, -0.15) is 0 Å². The Bertz CT molecular complexity index is 127. The zero-order chi connectivity index (χ0) is 7.61. The normalized spacial score (nSPS) is 31.6. The van der Waals surface area contributed by atoms with Crippen LogP contribution in [-0.4, -0.2) is 31.2 Å². The van der Waals surface area contributed by atoms with Crippen LogP contribution in [0, 0.1) is 0 Å². The summed E-state index contributed by atoms with van der Waals surface area (Å²) in [6.45, 7) is 5.18. The first-order valence-electron chi connectivity index (χ1n) is 4.12. The van der Waals surface area contributed by atoms with Gasteiger partial charge in [-0.05, 0) is 18.9 Å². The Morgan fingerprint density at radius 1 is 1.40 bits per heavy atom. The van der Waals surface area contributed by atoms with Gasteiger partial charge in [0.05, 0.1) is 20.6 Å². The molecule has 0 bridgehead atoms. The number of nitrogens with zero attached hydrogens (tertiary/aromatic N) is 1. The standard InChI is InChI=1S/C9H18N/c1-4-9-7-5-6-8-10(9,2)3/h4,9H,1,5-8H2,2-3H3/q+1. The summed E-state index contributed by atoms with van der Waals surface area (Å²) < 4.78 is 1.14. The summed E-state index contributed by atoms with van der Waals surface area (Å²) in [6, 6.07) is 0.703. The van der Waals surface area contributed by atoms with Crippen molar-refractivity contribution in [3.63, 3.8) is 0 Å². The average Bonchev–Trinajstić information content (AvgIpc) is 1.87. The maximum absolute atomic E-state index is 3.86. The lowest BCUT2D eigenvalue weighted by Gasteiger charge is -2.40. The fourth-order valence-corrected chi connectivity index (χ4v) is 1.79. The van der Waals surface area contributed by atoms with E-state index in [4.69, 9.17) is 0 Å². The first-order chi connectivity index (χ1) is 4.67. The molecule has 0 amide bonds. The number of piperidine rings is 1. The number of quaternary nitrogens is 1. The molecule has 1 aliphatic rings. The molecule has 1 heteroatoms. The molecule has 10 heavy (non-hydrogen) atoms. The molecular formula is C9H18N+. The lowest BCUT2D eigenvalue weighted by Crippen LogP contribution is -2.50. The van der Waals surface area contributed by atoms with Crippen molar-refractivity contribution in [2.24, 2.45) is 0 Å². The maximum Gasteiger partial charge on any atom is 0.107 e. The van der Waals surface area contributed by atoms with E-state index in [1.165, 1.54) is 25.8 Å². The Labute approximate surface area is 63.9 Å². The van der Waals surface area contributed by atoms with Crippen LogP contribution >= 0.6 is 0 Å². The summed E-state index contributed by atoms with van der Waals surface area (Å²) in [5.74, 6) is 0. The Morgan fingerprint density at radius 2 is 2.10 bits per heavy atom. The molecule has 1 nitrogen and oxygen atoms in total. The van der Waals surface area contributed by atoms with E-state index < -0.39 is 0 Å². The number of likely N-dealkylation sites (tertiary alicyclic amines) is 1. The summed E-state index contributed by atoms with van der Waals surface area (Å²) in [4.78, 5) is 0. The van der Waals surface area contributed by atoms with Gasteiger partial charge in [-0.3, -0.25) is 0 Å². The maximum atomic E-state index is 3.86. The van der Waals surface area contributed by atoms with Crippen LogP contribution in [0.1, 0.15) is 19.3 Å². The molecule has 0 N–H and O–H groups in total. The fraction of sp³-hybridized carbons (Fsp3) is 0.778. The van der Waals surface area contributed by atoms with Crippen molar-refractivity contribution in [1.29, 1.82) is 0 Å². The van der Waals surface area contributed by atoms with Crippen molar-refractivity contribution in [3.8, 4) is 0 Å². The number of hydrogen-bond acceptors (Lipinski definition) is 0. The topological polar surface area (TPSA) is 0 Å². The molecule has 1 saturated heterocycles. The third-order valence-corrected chi connectivity index (χ3v) is 2.65. The molecule has 1 fully saturated rings. The zero-order valence-electron chi connectivity index (χ0n) is 7.14. The lowest BCUT2D eigenvalue weighted by atomic mass is 10.0. The van der Waals surface area contributed by atoms with Crippen molar-refractivity contribution in [2.75, 3.05) is 20.6 Å². The van der Waals surface area contributed by atoms with Crippen LogP contribution in [0.25, 0.3) is 0 Å². The van der Waals surface area contributed by atoms with Gasteiger partial charge in [0.1, 0.15) is 6.04 Å². The quantitative estimate of drug-likeness (QED) is 0.385. The Kier molecular flexibility index (Phi) is 2.14. The highest BCUT2D eigenvalue weighted by atomic mass is 15.3. The minimum absolute atomic E-state index is 0.703. The van der Waals surface area contributed by atoms with E-state index in [2.05, 4.69) is 26.8 Å². The SMILES string of the molecule is C=CC1CCCC[N+]1(C)C. The number of rotatable bonds is 1. The van der Waals surface area contributed by atoms with E-state index in [9.17, 15) is 0 Å². The molecule has 0 aromatic carbocycles. The minimum Gasteiger partial charge on any atom is -0.323 e. The third kappa shape index (κ3) is 1.40. The van der Waals surface area contributed by atoms with Gasteiger partial charge in [-0.1, -0.05) is 6.58 Å². The first-order valence-corrected chi connectivity index (χ1v) is 4.12. The average molecular weight is 140 g/mol. The summed E-state index contributed by atoms with van der Waals surface area (Å²) >= 11 is 0. The predicted octanol–water partition coefficient (Wildman–Crippen LogP) is 1.80. The molecule has 1 aliphatic heterocycles. The second kappa shape index (κ2) is 2.75. The van der Waals surface area contributed by atoms with Crippen LogP contribution in [0.2, 0.25) is 0 Å². The molecular weight excluding hydrogens is 122 g/mol. The molecule has 0 aliphatic carbocycles. The van der Waals surface area contributed by atoms with Crippen LogP contribution in [-0.2, 0) is 0 Å². The van der Waals surface area contributed by atoms with Crippen LogP contribution in [0.3, 0.4) is 0 Å². The summed E-state index contributed by atoms with van der Waals surface area (Å²) in [7, 11) is 4.59. The highest BCUT2D eigenvalue weighted by Crippen LogP contribution is 2.21. The predicted molar refractivity (Wildman–Crippen MR) is 44.8 cm³/mol. The molecule has 0 spiro atoms. The molecule has 1 heterocycles. The largest absolute Gasteiger partial charge is 0.323 e. The Hall–Kier alpha value is -0.300. The van der Waals surface area contributed by atoms with Crippen molar-refractivity contribution in [3.05, 3.63) is 12.7 Å². The van der Waals surface area contributed by atoms with Gasteiger partial charge in [0.15, 0.2) is 0 Å². The van der Waals surface area contributed by atoms with E-state index in [0.29, 0.717) is 6.04 Å². The van der Waals surface area contributed by atoms with Crippen molar-refractivity contribution in [1.82, 2.24) is 0 Å². The molecule has 0 aromatic rings. The van der Waals surface area contributed by atoms with E-state index in [1.807, 2.05) is 0 Å². The third-order valence-electron chi connectivity index (χ3n) is 2.65. The number of hydrogen-bond donors (Lipinski definition) is 0. The highest BCUT2D eigenvalue weighted by Gasteiger charge is 2.28. The van der Waals surface area contributed by atoms with Gasteiger partial charge in [0.25, 0.3) is 0 Å².